The molecular formula is C8H11N3O. The number of aromatic amines is 1. The SMILES string of the molecule is CCOc1cc2[nH]c(C)cn2n1. The second-order valence-electron chi connectivity index (χ2n) is 2.68. The molecule has 0 spiro atoms. The van der Waals surface area contributed by atoms with Crippen LogP contribution in [0.2, 0.25) is 0 Å². The summed E-state index contributed by atoms with van der Waals surface area (Å²) in [5, 5.41) is 4.19. The number of fused-ring (bicyclic) bond motifs is 1. The number of nitrogens with one attached hydrogen (secondary N) is 1. The fraction of sp³-hybridized carbons (Fsp3) is 0.375. The van der Waals surface area contributed by atoms with E-state index in [0.717, 1.165) is 11.3 Å². The van der Waals surface area contributed by atoms with E-state index >= 15 is 0 Å². The first-order valence-corrected chi connectivity index (χ1v) is 3.97. The summed E-state index contributed by atoms with van der Waals surface area (Å²) in [5.74, 6) is 0.670. The maximum atomic E-state index is 5.24. The van der Waals surface area contributed by atoms with Crippen LogP contribution in [0.3, 0.4) is 0 Å². The zero-order valence-corrected chi connectivity index (χ0v) is 7.16. The molecule has 0 aliphatic heterocycles. The van der Waals surface area contributed by atoms with E-state index in [4.69, 9.17) is 4.74 Å². The Bertz CT molecular complexity index is 356. The number of H-pyrrole nitrogens is 1. The van der Waals surface area contributed by atoms with Gasteiger partial charge in [-0.05, 0) is 13.8 Å². The van der Waals surface area contributed by atoms with Crippen LogP contribution >= 0.6 is 0 Å². The fourth-order valence-electron chi connectivity index (χ4n) is 1.20. The molecular weight excluding hydrogens is 154 g/mol. The monoisotopic (exact) mass is 165 g/mol. The maximum Gasteiger partial charge on any atom is 0.235 e. The van der Waals surface area contributed by atoms with Crippen molar-refractivity contribution in [1.29, 1.82) is 0 Å². The summed E-state index contributed by atoms with van der Waals surface area (Å²) < 4.78 is 7.02. The molecule has 0 bridgehead atoms. The van der Waals surface area contributed by atoms with Gasteiger partial charge in [-0.15, -0.1) is 5.10 Å². The first-order valence-electron chi connectivity index (χ1n) is 3.97. The molecule has 0 amide bonds. The van der Waals surface area contributed by atoms with Gasteiger partial charge >= 0.3 is 0 Å². The van der Waals surface area contributed by atoms with Crippen LogP contribution in [0.5, 0.6) is 5.88 Å². The van der Waals surface area contributed by atoms with Crippen LogP contribution in [0.15, 0.2) is 12.3 Å². The summed E-state index contributed by atoms with van der Waals surface area (Å²) in [5.41, 5.74) is 2.07. The standard InChI is InChI=1S/C8H11N3O/c1-3-12-8-4-7-9-6(2)5-11(7)10-8/h4-5,9H,3H2,1-2H3. The van der Waals surface area contributed by atoms with Crippen LogP contribution in [0.1, 0.15) is 12.6 Å². The average Bonchev–Trinajstić information content (AvgIpc) is 2.44. The first kappa shape index (κ1) is 7.21. The Labute approximate surface area is 70.2 Å². The minimum absolute atomic E-state index is 0.652. The van der Waals surface area contributed by atoms with E-state index in [-0.39, 0.29) is 0 Å². The van der Waals surface area contributed by atoms with Gasteiger partial charge in [0.15, 0.2) is 0 Å². The normalized spacial score (nSPS) is 10.8. The highest BCUT2D eigenvalue weighted by atomic mass is 16.5. The van der Waals surface area contributed by atoms with E-state index < -0.39 is 0 Å². The smallest absolute Gasteiger partial charge is 0.235 e. The minimum Gasteiger partial charge on any atom is -0.477 e. The number of hydrogen-bond acceptors (Lipinski definition) is 2. The van der Waals surface area contributed by atoms with Gasteiger partial charge in [0.25, 0.3) is 0 Å². The molecule has 1 N–H and O–H groups in total. The van der Waals surface area contributed by atoms with Crippen molar-refractivity contribution in [3.8, 4) is 5.88 Å². The lowest BCUT2D eigenvalue weighted by Gasteiger charge is -1.93. The van der Waals surface area contributed by atoms with Crippen molar-refractivity contribution in [3.63, 3.8) is 0 Å². The van der Waals surface area contributed by atoms with Crippen molar-refractivity contribution in [1.82, 2.24) is 14.6 Å². The van der Waals surface area contributed by atoms with E-state index in [1.807, 2.05) is 26.1 Å². The predicted octanol–water partition coefficient (Wildman–Crippen LogP) is 1.37. The summed E-state index contributed by atoms with van der Waals surface area (Å²) in [6.45, 7) is 4.59. The summed E-state index contributed by atoms with van der Waals surface area (Å²) in [6.07, 6.45) is 1.93. The van der Waals surface area contributed by atoms with E-state index in [2.05, 4.69) is 10.1 Å². The van der Waals surface area contributed by atoms with Gasteiger partial charge in [-0.2, -0.15) is 0 Å². The number of ether oxygens (including phenoxy) is 1. The summed E-state index contributed by atoms with van der Waals surface area (Å²) in [4.78, 5) is 3.16. The molecule has 0 radical (unpaired) electrons. The first-order chi connectivity index (χ1) is 5.79. The Kier molecular flexibility index (Phi) is 1.53. The highest BCUT2D eigenvalue weighted by Crippen LogP contribution is 2.12. The maximum absolute atomic E-state index is 5.24. The molecule has 0 atom stereocenters. The van der Waals surface area contributed by atoms with E-state index in [1.54, 1.807) is 4.52 Å². The van der Waals surface area contributed by atoms with Gasteiger partial charge in [-0.3, -0.25) is 0 Å². The van der Waals surface area contributed by atoms with Crippen LogP contribution in [0.4, 0.5) is 0 Å². The lowest BCUT2D eigenvalue weighted by Crippen LogP contribution is -1.91. The van der Waals surface area contributed by atoms with Crippen LogP contribution in [-0.4, -0.2) is 21.2 Å². The van der Waals surface area contributed by atoms with Crippen molar-refractivity contribution in [3.05, 3.63) is 18.0 Å². The molecule has 0 aliphatic carbocycles. The van der Waals surface area contributed by atoms with Crippen LogP contribution < -0.4 is 4.74 Å². The van der Waals surface area contributed by atoms with E-state index in [0.29, 0.717) is 12.5 Å². The van der Waals surface area contributed by atoms with Crippen molar-refractivity contribution >= 4 is 5.65 Å². The average molecular weight is 165 g/mol. The number of imidazole rings is 1. The molecule has 0 fully saturated rings. The second kappa shape index (κ2) is 2.55. The molecule has 4 nitrogen and oxygen atoms in total. The van der Waals surface area contributed by atoms with Crippen LogP contribution in [0.25, 0.3) is 5.65 Å². The Morgan fingerprint density at radius 1 is 1.67 bits per heavy atom. The molecule has 64 valence electrons. The summed E-state index contributed by atoms with van der Waals surface area (Å²) in [7, 11) is 0. The molecule has 12 heavy (non-hydrogen) atoms. The largest absolute Gasteiger partial charge is 0.477 e. The van der Waals surface area contributed by atoms with Crippen LogP contribution in [-0.2, 0) is 0 Å². The lowest BCUT2D eigenvalue weighted by atomic mass is 10.6. The Morgan fingerprint density at radius 3 is 3.17 bits per heavy atom. The minimum atomic E-state index is 0.652. The number of hydrogen-bond donors (Lipinski definition) is 1. The molecule has 2 rings (SSSR count). The lowest BCUT2D eigenvalue weighted by molar-refractivity contribution is 0.325. The van der Waals surface area contributed by atoms with Crippen molar-refractivity contribution in [2.24, 2.45) is 0 Å². The third kappa shape index (κ3) is 1.05. The Balaban J connectivity index is 2.43. The van der Waals surface area contributed by atoms with E-state index in [1.165, 1.54) is 0 Å². The quantitative estimate of drug-likeness (QED) is 0.730. The number of nitrogens with zero attached hydrogens (tertiary/aromatic N) is 2. The molecule has 0 aliphatic rings. The molecule has 0 saturated carbocycles. The molecule has 0 unspecified atom stereocenters. The molecule has 4 heteroatoms. The number of aryl methyl sites for hydroxylation is 1. The van der Waals surface area contributed by atoms with Crippen molar-refractivity contribution < 1.29 is 4.74 Å². The molecule has 2 aromatic rings. The Morgan fingerprint density at radius 2 is 2.50 bits per heavy atom. The zero-order valence-electron chi connectivity index (χ0n) is 7.16. The van der Waals surface area contributed by atoms with Crippen molar-refractivity contribution in [2.45, 2.75) is 13.8 Å². The van der Waals surface area contributed by atoms with Gasteiger partial charge in [-0.25, -0.2) is 4.52 Å². The molecule has 2 heterocycles. The summed E-state index contributed by atoms with van der Waals surface area (Å²) >= 11 is 0. The molecule has 0 aromatic carbocycles. The number of rotatable bonds is 2. The van der Waals surface area contributed by atoms with E-state index in [9.17, 15) is 0 Å². The Hall–Kier alpha value is -1.45. The predicted molar refractivity (Wildman–Crippen MR) is 45.4 cm³/mol. The van der Waals surface area contributed by atoms with Gasteiger partial charge in [0, 0.05) is 18.0 Å². The third-order valence-corrected chi connectivity index (χ3v) is 1.65. The highest BCUT2D eigenvalue weighted by Gasteiger charge is 2.02. The third-order valence-electron chi connectivity index (χ3n) is 1.65. The molecule has 2 aromatic heterocycles. The topological polar surface area (TPSA) is 42.3 Å². The van der Waals surface area contributed by atoms with Gasteiger partial charge in [-0.1, -0.05) is 0 Å². The zero-order chi connectivity index (χ0) is 8.55. The van der Waals surface area contributed by atoms with Gasteiger partial charge in [0.05, 0.1) is 6.61 Å². The number of aromatic nitrogens is 3. The molecule has 0 saturated heterocycles. The van der Waals surface area contributed by atoms with Gasteiger partial charge in [0.2, 0.25) is 5.88 Å². The van der Waals surface area contributed by atoms with Gasteiger partial charge in [0.1, 0.15) is 5.65 Å². The van der Waals surface area contributed by atoms with Gasteiger partial charge < -0.3 is 9.72 Å². The van der Waals surface area contributed by atoms with Crippen molar-refractivity contribution in [2.75, 3.05) is 6.61 Å². The fourth-order valence-corrected chi connectivity index (χ4v) is 1.20. The summed E-state index contributed by atoms with van der Waals surface area (Å²) in [6, 6.07) is 1.89. The van der Waals surface area contributed by atoms with Crippen LogP contribution in [0, 0.1) is 6.92 Å². The highest BCUT2D eigenvalue weighted by molar-refractivity contribution is 5.42. The second-order valence-corrected chi connectivity index (χ2v) is 2.68.